The van der Waals surface area contributed by atoms with Gasteiger partial charge in [-0.2, -0.15) is 0 Å². The molecule has 0 saturated heterocycles. The molecule has 2 aliphatic heterocycles. The molecule has 1 spiro atoms. The Morgan fingerprint density at radius 3 is 2.86 bits per heavy atom. The van der Waals surface area contributed by atoms with Gasteiger partial charge in [0.2, 0.25) is 5.54 Å². The predicted molar refractivity (Wildman–Crippen MR) is 113 cm³/mol. The zero-order chi connectivity index (χ0) is 19.5. The third-order valence-corrected chi connectivity index (χ3v) is 6.43. The Kier molecular flexibility index (Phi) is 3.88. The number of amides is 1. The number of rotatable bonds is 3. The van der Waals surface area contributed by atoms with Crippen LogP contribution in [0.15, 0.2) is 42.5 Å². The van der Waals surface area contributed by atoms with Gasteiger partial charge in [0, 0.05) is 23.9 Å². The summed E-state index contributed by atoms with van der Waals surface area (Å²) in [7, 11) is 0. The molecule has 1 aromatic heterocycles. The highest BCUT2D eigenvalue weighted by atomic mass is 16.2. The third kappa shape index (κ3) is 2.31. The predicted octanol–water partition coefficient (Wildman–Crippen LogP) is 3.23. The van der Waals surface area contributed by atoms with Crippen molar-refractivity contribution in [1.82, 2.24) is 4.98 Å². The molecule has 0 fully saturated rings. The van der Waals surface area contributed by atoms with Gasteiger partial charge in [0.25, 0.3) is 5.91 Å². The Bertz CT molecular complexity index is 1080. The molecule has 0 aliphatic carbocycles. The van der Waals surface area contributed by atoms with Crippen molar-refractivity contribution >= 4 is 22.5 Å². The molecule has 5 rings (SSSR count). The maximum atomic E-state index is 13.9. The van der Waals surface area contributed by atoms with Crippen molar-refractivity contribution in [3.8, 4) is 0 Å². The second-order valence-corrected chi connectivity index (χ2v) is 8.73. The molecule has 144 valence electrons. The molecule has 4 nitrogen and oxygen atoms in total. The number of H-pyrrole nitrogens is 1. The van der Waals surface area contributed by atoms with Crippen LogP contribution in [-0.4, -0.2) is 24.0 Å². The molecule has 2 aliphatic rings. The Morgan fingerprint density at radius 1 is 1.21 bits per heavy atom. The summed E-state index contributed by atoms with van der Waals surface area (Å²) in [6, 6.07) is 14.9. The number of nitrogens with one attached hydrogen (secondary N) is 1. The molecule has 4 heteroatoms. The van der Waals surface area contributed by atoms with Gasteiger partial charge in [0.05, 0.1) is 23.5 Å². The summed E-state index contributed by atoms with van der Waals surface area (Å²) in [5.74, 6) is 0.775. The largest absolute Gasteiger partial charge is 0.352 e. The van der Waals surface area contributed by atoms with Crippen LogP contribution in [0.4, 0.5) is 5.69 Å². The monoisotopic (exact) mass is 374 g/mol. The lowest BCUT2D eigenvalue weighted by Gasteiger charge is -2.30. The average molecular weight is 375 g/mol. The number of benzene rings is 2. The van der Waals surface area contributed by atoms with E-state index in [2.05, 4.69) is 67.5 Å². The van der Waals surface area contributed by atoms with Crippen molar-refractivity contribution in [2.24, 2.45) is 5.92 Å². The molecular weight excluding hydrogens is 346 g/mol. The van der Waals surface area contributed by atoms with E-state index in [1.807, 2.05) is 11.0 Å². The van der Waals surface area contributed by atoms with Crippen LogP contribution in [0.2, 0.25) is 0 Å². The Morgan fingerprint density at radius 2 is 2.04 bits per heavy atom. The van der Waals surface area contributed by atoms with E-state index in [-0.39, 0.29) is 5.91 Å². The molecule has 0 unspecified atom stereocenters. The molecule has 3 N–H and O–H groups in total. The van der Waals surface area contributed by atoms with E-state index in [0.717, 1.165) is 48.4 Å². The van der Waals surface area contributed by atoms with Crippen molar-refractivity contribution in [1.29, 1.82) is 0 Å². The maximum absolute atomic E-state index is 13.9. The minimum absolute atomic E-state index is 0.207. The van der Waals surface area contributed by atoms with Gasteiger partial charge in [-0.3, -0.25) is 4.79 Å². The first-order valence-corrected chi connectivity index (χ1v) is 10.4. The number of aryl methyl sites for hydroxylation is 1. The molecule has 3 heterocycles. The number of aromatic nitrogens is 1. The van der Waals surface area contributed by atoms with Gasteiger partial charge >= 0.3 is 0 Å². The fourth-order valence-corrected chi connectivity index (χ4v) is 5.02. The van der Waals surface area contributed by atoms with Gasteiger partial charge in [-0.15, -0.1) is 0 Å². The summed E-state index contributed by atoms with van der Waals surface area (Å²) >= 11 is 0. The van der Waals surface area contributed by atoms with Crippen molar-refractivity contribution in [3.05, 3.63) is 64.8 Å². The Hall–Kier alpha value is -2.59. The van der Waals surface area contributed by atoms with Crippen LogP contribution in [0.5, 0.6) is 0 Å². The van der Waals surface area contributed by atoms with E-state index < -0.39 is 5.54 Å². The number of hydrogen-bond acceptors (Lipinski definition) is 1. The summed E-state index contributed by atoms with van der Waals surface area (Å²) in [4.78, 5) is 19.6. The quantitative estimate of drug-likeness (QED) is 0.727. The first kappa shape index (κ1) is 17.5. The van der Waals surface area contributed by atoms with Crippen molar-refractivity contribution in [3.63, 3.8) is 0 Å². The first-order chi connectivity index (χ1) is 13.5. The normalized spacial score (nSPS) is 21.0. The molecule has 0 bridgehead atoms. The summed E-state index contributed by atoms with van der Waals surface area (Å²) in [6.45, 7) is 8.26. The molecule has 2 aromatic carbocycles. The first-order valence-electron chi connectivity index (χ1n) is 10.4. The third-order valence-electron chi connectivity index (χ3n) is 6.43. The minimum atomic E-state index is -0.673. The fraction of sp³-hybridized carbons (Fsp3) is 0.375. The fourth-order valence-electron chi connectivity index (χ4n) is 5.02. The SMILES string of the molecule is Cc1ccc2[nH]c3c(c2c1)CC[NH2+][C@]31C(=O)N(CCC(C)C)c2ccccc21. The van der Waals surface area contributed by atoms with Crippen LogP contribution in [0.25, 0.3) is 10.9 Å². The van der Waals surface area contributed by atoms with E-state index in [1.54, 1.807) is 0 Å². The Labute approximate surface area is 165 Å². The number of para-hydroxylation sites is 1. The van der Waals surface area contributed by atoms with Gasteiger partial charge in [-0.1, -0.05) is 37.6 Å². The zero-order valence-electron chi connectivity index (χ0n) is 16.9. The van der Waals surface area contributed by atoms with Gasteiger partial charge in [-0.05, 0) is 49.1 Å². The van der Waals surface area contributed by atoms with Crippen LogP contribution in [-0.2, 0) is 16.8 Å². The zero-order valence-corrected chi connectivity index (χ0v) is 16.9. The Balaban J connectivity index is 1.73. The van der Waals surface area contributed by atoms with Gasteiger partial charge < -0.3 is 15.2 Å². The average Bonchev–Trinajstić information content (AvgIpc) is 3.16. The number of hydrogen-bond donors (Lipinski definition) is 2. The van der Waals surface area contributed by atoms with Gasteiger partial charge in [0.1, 0.15) is 0 Å². The summed E-state index contributed by atoms with van der Waals surface area (Å²) < 4.78 is 0. The number of carbonyl (C=O) groups is 1. The summed E-state index contributed by atoms with van der Waals surface area (Å²) in [5, 5.41) is 3.53. The van der Waals surface area contributed by atoms with Gasteiger partial charge in [0.15, 0.2) is 0 Å². The molecule has 1 atom stereocenters. The second-order valence-electron chi connectivity index (χ2n) is 8.73. The smallest absolute Gasteiger partial charge is 0.299 e. The topological polar surface area (TPSA) is 52.7 Å². The van der Waals surface area contributed by atoms with E-state index in [1.165, 1.54) is 16.5 Å². The maximum Gasteiger partial charge on any atom is 0.299 e. The highest BCUT2D eigenvalue weighted by molar-refractivity contribution is 6.09. The lowest BCUT2D eigenvalue weighted by molar-refractivity contribution is -0.714. The number of nitrogens with zero attached hydrogens (tertiary/aromatic N) is 1. The number of aromatic amines is 1. The number of carbonyl (C=O) groups excluding carboxylic acids is 1. The molecule has 1 amide bonds. The molecular formula is C24H28N3O+. The summed E-state index contributed by atoms with van der Waals surface area (Å²) in [5.41, 5.74) is 6.33. The lowest BCUT2D eigenvalue weighted by atomic mass is 9.82. The van der Waals surface area contributed by atoms with E-state index in [4.69, 9.17) is 0 Å². The lowest BCUT2D eigenvalue weighted by Crippen LogP contribution is -2.99. The van der Waals surface area contributed by atoms with E-state index >= 15 is 0 Å². The van der Waals surface area contributed by atoms with Crippen molar-refractivity contribution in [2.75, 3.05) is 18.0 Å². The van der Waals surface area contributed by atoms with E-state index in [0.29, 0.717) is 5.92 Å². The van der Waals surface area contributed by atoms with Crippen LogP contribution in [0.3, 0.4) is 0 Å². The van der Waals surface area contributed by atoms with Crippen molar-refractivity contribution < 1.29 is 10.1 Å². The number of nitrogens with two attached hydrogens (primary N) is 1. The molecule has 3 aromatic rings. The van der Waals surface area contributed by atoms with Crippen LogP contribution in [0.1, 0.15) is 42.7 Å². The molecule has 28 heavy (non-hydrogen) atoms. The number of quaternary nitrogens is 1. The van der Waals surface area contributed by atoms with Gasteiger partial charge in [-0.25, -0.2) is 0 Å². The van der Waals surface area contributed by atoms with Crippen LogP contribution >= 0.6 is 0 Å². The van der Waals surface area contributed by atoms with Crippen LogP contribution in [0, 0.1) is 12.8 Å². The van der Waals surface area contributed by atoms with Crippen LogP contribution < -0.4 is 10.2 Å². The molecule has 0 radical (unpaired) electrons. The summed E-state index contributed by atoms with van der Waals surface area (Å²) in [6.07, 6.45) is 2.00. The van der Waals surface area contributed by atoms with Crippen molar-refractivity contribution in [2.45, 2.75) is 39.2 Å². The minimum Gasteiger partial charge on any atom is -0.352 e. The number of fused-ring (bicyclic) bond motifs is 6. The number of anilines is 1. The standard InChI is InChI=1S/C24H27N3O/c1-15(2)11-13-27-21-7-5-4-6-19(21)24(23(27)28)22-17(10-12-25-24)18-14-16(3)8-9-20(18)26-22/h4-9,14-15,25-26H,10-13H2,1-3H3/p+1/t24-/m0/s1. The highest BCUT2D eigenvalue weighted by Crippen LogP contribution is 2.45. The second kappa shape index (κ2) is 6.21. The van der Waals surface area contributed by atoms with E-state index in [9.17, 15) is 4.79 Å². The highest BCUT2D eigenvalue weighted by Gasteiger charge is 2.58. The molecule has 0 saturated carbocycles.